The van der Waals surface area contributed by atoms with Gasteiger partial charge in [-0.25, -0.2) is 13.6 Å². The quantitative estimate of drug-likeness (QED) is 0.849. The highest BCUT2D eigenvalue weighted by atomic mass is 32.2. The molecular formula is C9H9NO4S2. The van der Waals surface area contributed by atoms with Crippen molar-refractivity contribution in [1.82, 2.24) is 0 Å². The fraction of sp³-hybridized carbons (Fsp3) is 0.111. The molecule has 0 bridgehead atoms. The Morgan fingerprint density at radius 3 is 2.62 bits per heavy atom. The number of phenolic OH excluding ortho intramolecular Hbond substituents is 1. The molecule has 1 heterocycles. The molecule has 16 heavy (non-hydrogen) atoms. The largest absolute Gasteiger partial charge is 0.504 e. The number of thiophene rings is 1. The number of nitrogens with two attached hydrogens (primary N) is 1. The first-order valence-electron chi connectivity index (χ1n) is 4.25. The van der Waals surface area contributed by atoms with Gasteiger partial charge in [-0.15, -0.1) is 11.3 Å². The number of rotatable bonds is 2. The second kappa shape index (κ2) is 3.62. The first-order chi connectivity index (χ1) is 7.41. The monoisotopic (exact) mass is 259 g/mol. The van der Waals surface area contributed by atoms with E-state index < -0.39 is 10.0 Å². The molecule has 2 rings (SSSR count). The Balaban J connectivity index is 2.72. The molecule has 0 aliphatic carbocycles. The van der Waals surface area contributed by atoms with Crippen molar-refractivity contribution in [3.63, 3.8) is 0 Å². The van der Waals surface area contributed by atoms with Crippen LogP contribution in [0.2, 0.25) is 0 Å². The number of benzene rings is 1. The van der Waals surface area contributed by atoms with Crippen molar-refractivity contribution in [2.45, 2.75) is 4.21 Å². The van der Waals surface area contributed by atoms with Crippen molar-refractivity contribution in [1.29, 1.82) is 0 Å². The van der Waals surface area contributed by atoms with Crippen LogP contribution >= 0.6 is 11.3 Å². The Kier molecular flexibility index (Phi) is 2.53. The lowest BCUT2D eigenvalue weighted by Gasteiger charge is -2.01. The number of methoxy groups -OCH3 is 1. The van der Waals surface area contributed by atoms with Gasteiger partial charge in [0.25, 0.3) is 0 Å². The Hall–Kier alpha value is -1.31. The lowest BCUT2D eigenvalue weighted by atomic mass is 10.2. The standard InChI is InChI=1S/C9H9NO4S2/c1-14-7-4-8-5(2-6(7)11)3-9(15-8)16(10,12)13/h2-4,11H,1H3,(H2,10,12,13). The highest BCUT2D eigenvalue weighted by Crippen LogP contribution is 2.36. The molecule has 0 fully saturated rings. The van der Waals surface area contributed by atoms with Crippen LogP contribution in [0.25, 0.3) is 10.1 Å². The summed E-state index contributed by atoms with van der Waals surface area (Å²) in [5, 5.41) is 15.2. The molecular weight excluding hydrogens is 250 g/mol. The van der Waals surface area contributed by atoms with E-state index in [9.17, 15) is 13.5 Å². The minimum atomic E-state index is -3.70. The van der Waals surface area contributed by atoms with Gasteiger partial charge in [0.1, 0.15) is 4.21 Å². The average molecular weight is 259 g/mol. The van der Waals surface area contributed by atoms with Gasteiger partial charge in [-0.2, -0.15) is 0 Å². The molecule has 0 spiro atoms. The third kappa shape index (κ3) is 1.84. The van der Waals surface area contributed by atoms with Crippen LogP contribution in [0.15, 0.2) is 22.4 Å². The number of aromatic hydroxyl groups is 1. The lowest BCUT2D eigenvalue weighted by molar-refractivity contribution is 0.374. The van der Waals surface area contributed by atoms with E-state index >= 15 is 0 Å². The zero-order valence-electron chi connectivity index (χ0n) is 8.30. The molecule has 0 saturated carbocycles. The third-order valence-corrected chi connectivity index (χ3v) is 4.59. The van der Waals surface area contributed by atoms with Crippen LogP contribution in [0.1, 0.15) is 0 Å². The molecule has 5 nitrogen and oxygen atoms in total. The lowest BCUT2D eigenvalue weighted by Crippen LogP contribution is -2.09. The summed E-state index contributed by atoms with van der Waals surface area (Å²) in [6.07, 6.45) is 0. The highest BCUT2D eigenvalue weighted by Gasteiger charge is 2.14. The first kappa shape index (κ1) is 11.2. The van der Waals surface area contributed by atoms with Crippen LogP contribution in [-0.4, -0.2) is 20.6 Å². The minimum Gasteiger partial charge on any atom is -0.504 e. The molecule has 0 aliphatic rings. The van der Waals surface area contributed by atoms with Gasteiger partial charge in [-0.1, -0.05) is 0 Å². The fourth-order valence-corrected chi connectivity index (χ4v) is 3.17. The maximum atomic E-state index is 11.1. The molecule has 0 saturated heterocycles. The Bertz CT molecular complexity index is 645. The predicted octanol–water partition coefficient (Wildman–Crippen LogP) is 1.26. The molecule has 1 aromatic carbocycles. The highest BCUT2D eigenvalue weighted by molar-refractivity contribution is 7.91. The molecule has 0 atom stereocenters. The molecule has 2 aromatic rings. The van der Waals surface area contributed by atoms with Crippen molar-refractivity contribution in [2.75, 3.05) is 7.11 Å². The predicted molar refractivity (Wildman–Crippen MR) is 61.4 cm³/mol. The minimum absolute atomic E-state index is 0.0335. The maximum Gasteiger partial charge on any atom is 0.247 e. The number of sulfonamides is 1. The summed E-state index contributed by atoms with van der Waals surface area (Å²) in [5.74, 6) is 0.268. The summed E-state index contributed by atoms with van der Waals surface area (Å²) in [4.78, 5) is 0. The first-order valence-corrected chi connectivity index (χ1v) is 6.61. The van der Waals surface area contributed by atoms with Crippen molar-refractivity contribution in [2.24, 2.45) is 5.14 Å². The van der Waals surface area contributed by atoms with Crippen LogP contribution < -0.4 is 9.88 Å². The number of ether oxygens (including phenoxy) is 1. The Morgan fingerprint density at radius 2 is 2.06 bits per heavy atom. The van der Waals surface area contributed by atoms with Crippen molar-refractivity contribution in [3.05, 3.63) is 18.2 Å². The number of hydrogen-bond donors (Lipinski definition) is 2. The van der Waals surface area contributed by atoms with Crippen molar-refractivity contribution >= 4 is 31.4 Å². The van der Waals surface area contributed by atoms with E-state index in [1.165, 1.54) is 19.2 Å². The number of phenols is 1. The molecule has 1 aromatic heterocycles. The van der Waals surface area contributed by atoms with Gasteiger partial charge in [0.2, 0.25) is 10.0 Å². The molecule has 0 unspecified atom stereocenters. The Morgan fingerprint density at radius 1 is 1.38 bits per heavy atom. The van der Waals surface area contributed by atoms with Gasteiger partial charge in [0.15, 0.2) is 11.5 Å². The van der Waals surface area contributed by atoms with E-state index in [-0.39, 0.29) is 9.96 Å². The topological polar surface area (TPSA) is 89.6 Å². The average Bonchev–Trinajstić information content (AvgIpc) is 2.58. The van der Waals surface area contributed by atoms with Gasteiger partial charge >= 0.3 is 0 Å². The molecule has 86 valence electrons. The van der Waals surface area contributed by atoms with Gasteiger partial charge in [-0.05, 0) is 17.5 Å². The fourth-order valence-electron chi connectivity index (χ4n) is 1.34. The molecule has 7 heteroatoms. The summed E-state index contributed by atoms with van der Waals surface area (Å²) in [6, 6.07) is 4.44. The van der Waals surface area contributed by atoms with Crippen LogP contribution in [0.3, 0.4) is 0 Å². The molecule has 0 radical (unpaired) electrons. The number of fused-ring (bicyclic) bond motifs is 1. The smallest absolute Gasteiger partial charge is 0.247 e. The van der Waals surface area contributed by atoms with Crippen molar-refractivity contribution < 1.29 is 18.3 Å². The van der Waals surface area contributed by atoms with Gasteiger partial charge in [-0.3, -0.25) is 0 Å². The van der Waals surface area contributed by atoms with E-state index in [0.717, 1.165) is 11.3 Å². The van der Waals surface area contributed by atoms with Gasteiger partial charge in [0.05, 0.1) is 7.11 Å². The zero-order chi connectivity index (χ0) is 11.9. The van der Waals surface area contributed by atoms with Gasteiger partial charge in [0, 0.05) is 10.8 Å². The summed E-state index contributed by atoms with van der Waals surface area (Å²) in [5.41, 5.74) is 0. The second-order valence-corrected chi connectivity index (χ2v) is 6.04. The van der Waals surface area contributed by atoms with Crippen LogP contribution in [0.4, 0.5) is 0 Å². The molecule has 0 aliphatic heterocycles. The summed E-state index contributed by atoms with van der Waals surface area (Å²) >= 11 is 1.04. The van der Waals surface area contributed by atoms with E-state index in [1.807, 2.05) is 0 Å². The molecule has 3 N–H and O–H groups in total. The summed E-state index contributed by atoms with van der Waals surface area (Å²) in [6.45, 7) is 0. The SMILES string of the molecule is COc1cc2sc(S(N)(=O)=O)cc2cc1O. The molecule has 0 amide bonds. The van der Waals surface area contributed by atoms with Crippen molar-refractivity contribution in [3.8, 4) is 11.5 Å². The maximum absolute atomic E-state index is 11.1. The second-order valence-electron chi connectivity index (χ2n) is 3.17. The Labute approximate surface area is 96.1 Å². The van der Waals surface area contributed by atoms with Crippen LogP contribution in [0.5, 0.6) is 11.5 Å². The van der Waals surface area contributed by atoms with Crippen LogP contribution in [0, 0.1) is 0 Å². The third-order valence-electron chi connectivity index (χ3n) is 2.08. The van der Waals surface area contributed by atoms with Gasteiger partial charge < -0.3 is 9.84 Å². The number of hydrogen-bond acceptors (Lipinski definition) is 5. The van der Waals surface area contributed by atoms with E-state index in [2.05, 4.69) is 0 Å². The van der Waals surface area contributed by atoms with E-state index in [4.69, 9.17) is 9.88 Å². The zero-order valence-corrected chi connectivity index (χ0v) is 9.93. The summed E-state index contributed by atoms with van der Waals surface area (Å²) in [7, 11) is -2.28. The van der Waals surface area contributed by atoms with Crippen LogP contribution in [-0.2, 0) is 10.0 Å². The van der Waals surface area contributed by atoms with E-state index in [1.54, 1.807) is 6.07 Å². The van der Waals surface area contributed by atoms with E-state index in [0.29, 0.717) is 15.8 Å². The summed E-state index contributed by atoms with van der Waals surface area (Å²) < 4.78 is 28.0. The number of primary sulfonamides is 1. The normalized spacial score (nSPS) is 11.9.